The van der Waals surface area contributed by atoms with Crippen LogP contribution in [-0.2, 0) is 0 Å². The summed E-state index contributed by atoms with van der Waals surface area (Å²) in [6.45, 7) is 4.26. The SMILES string of the molecule is C#CCCN1CCN(c2ccc3c(Cl)ccnc3c2F)CC1. The Morgan fingerprint density at radius 2 is 2.00 bits per heavy atom. The van der Waals surface area contributed by atoms with Gasteiger partial charge in [0, 0.05) is 50.7 Å². The molecule has 0 saturated carbocycles. The van der Waals surface area contributed by atoms with Crippen molar-refractivity contribution in [1.82, 2.24) is 9.88 Å². The summed E-state index contributed by atoms with van der Waals surface area (Å²) in [7, 11) is 0. The van der Waals surface area contributed by atoms with Crippen LogP contribution in [0, 0.1) is 18.2 Å². The molecular formula is C17H17ClFN3. The zero-order chi connectivity index (χ0) is 15.5. The zero-order valence-corrected chi connectivity index (χ0v) is 13.0. The first-order chi connectivity index (χ1) is 10.7. The van der Waals surface area contributed by atoms with Crippen molar-refractivity contribution in [2.75, 3.05) is 37.6 Å². The van der Waals surface area contributed by atoms with Gasteiger partial charge in [0.05, 0.1) is 10.7 Å². The third kappa shape index (κ3) is 2.87. The summed E-state index contributed by atoms with van der Waals surface area (Å²) >= 11 is 6.09. The van der Waals surface area contributed by atoms with E-state index >= 15 is 0 Å². The van der Waals surface area contributed by atoms with Gasteiger partial charge in [0.1, 0.15) is 5.52 Å². The van der Waals surface area contributed by atoms with E-state index in [4.69, 9.17) is 18.0 Å². The van der Waals surface area contributed by atoms with E-state index < -0.39 is 0 Å². The van der Waals surface area contributed by atoms with Gasteiger partial charge < -0.3 is 4.90 Å². The van der Waals surface area contributed by atoms with Crippen molar-refractivity contribution in [2.24, 2.45) is 0 Å². The van der Waals surface area contributed by atoms with Gasteiger partial charge in [0.15, 0.2) is 5.82 Å². The maximum absolute atomic E-state index is 14.7. The number of anilines is 1. The normalized spacial score (nSPS) is 16.0. The summed E-state index contributed by atoms with van der Waals surface area (Å²) in [5.41, 5.74) is 0.929. The Bertz CT molecular complexity index is 718. The number of benzene rings is 1. The Morgan fingerprint density at radius 1 is 1.23 bits per heavy atom. The largest absolute Gasteiger partial charge is 0.367 e. The molecule has 0 bridgehead atoms. The number of nitrogens with zero attached hydrogens (tertiary/aromatic N) is 3. The molecule has 0 aliphatic carbocycles. The average molecular weight is 318 g/mol. The molecular weight excluding hydrogens is 301 g/mol. The van der Waals surface area contributed by atoms with E-state index in [1.54, 1.807) is 12.1 Å². The minimum atomic E-state index is -0.294. The molecule has 3 nitrogen and oxygen atoms in total. The minimum Gasteiger partial charge on any atom is -0.367 e. The van der Waals surface area contributed by atoms with Gasteiger partial charge in [-0.15, -0.1) is 12.3 Å². The molecule has 0 N–H and O–H groups in total. The molecule has 0 atom stereocenters. The van der Waals surface area contributed by atoms with Crippen molar-refractivity contribution in [3.63, 3.8) is 0 Å². The number of pyridine rings is 1. The highest BCUT2D eigenvalue weighted by Crippen LogP contribution is 2.30. The highest BCUT2D eigenvalue weighted by molar-refractivity contribution is 6.35. The number of aromatic nitrogens is 1. The molecule has 5 heteroatoms. The quantitative estimate of drug-likeness (QED) is 0.811. The monoisotopic (exact) mass is 317 g/mol. The van der Waals surface area contributed by atoms with Crippen LogP contribution in [0.2, 0.25) is 5.02 Å². The van der Waals surface area contributed by atoms with Crippen LogP contribution in [0.3, 0.4) is 0 Å². The molecule has 0 spiro atoms. The lowest BCUT2D eigenvalue weighted by molar-refractivity contribution is 0.263. The fourth-order valence-corrected chi connectivity index (χ4v) is 3.03. The Kier molecular flexibility index (Phi) is 4.47. The highest BCUT2D eigenvalue weighted by atomic mass is 35.5. The number of piperazine rings is 1. The summed E-state index contributed by atoms with van der Waals surface area (Å²) in [5, 5.41) is 1.17. The number of terminal acetylenes is 1. The predicted molar refractivity (Wildman–Crippen MR) is 88.8 cm³/mol. The fraction of sp³-hybridized carbons (Fsp3) is 0.353. The molecule has 1 fully saturated rings. The number of rotatable bonds is 3. The van der Waals surface area contributed by atoms with Gasteiger partial charge >= 0.3 is 0 Å². The Morgan fingerprint density at radius 3 is 2.73 bits per heavy atom. The molecule has 2 aromatic rings. The van der Waals surface area contributed by atoms with Crippen LogP contribution in [0.5, 0.6) is 0 Å². The second-order valence-corrected chi connectivity index (χ2v) is 5.78. The first kappa shape index (κ1) is 15.1. The molecule has 2 heterocycles. The van der Waals surface area contributed by atoms with Crippen molar-refractivity contribution in [3.05, 3.63) is 35.2 Å². The lowest BCUT2D eigenvalue weighted by atomic mass is 10.1. The Hall–Kier alpha value is -1.83. The zero-order valence-electron chi connectivity index (χ0n) is 12.2. The molecule has 0 amide bonds. The van der Waals surface area contributed by atoms with E-state index in [-0.39, 0.29) is 5.82 Å². The van der Waals surface area contributed by atoms with Crippen molar-refractivity contribution < 1.29 is 4.39 Å². The summed E-state index contributed by atoms with van der Waals surface area (Å²) < 4.78 is 14.7. The summed E-state index contributed by atoms with van der Waals surface area (Å²) in [4.78, 5) is 8.50. The molecule has 1 aromatic carbocycles. The lowest BCUT2D eigenvalue weighted by Gasteiger charge is -2.36. The van der Waals surface area contributed by atoms with Gasteiger partial charge in [-0.25, -0.2) is 4.39 Å². The third-order valence-electron chi connectivity index (χ3n) is 4.06. The topological polar surface area (TPSA) is 19.4 Å². The van der Waals surface area contributed by atoms with E-state index in [1.807, 2.05) is 6.07 Å². The van der Waals surface area contributed by atoms with Gasteiger partial charge in [-0.05, 0) is 18.2 Å². The smallest absolute Gasteiger partial charge is 0.172 e. The van der Waals surface area contributed by atoms with Gasteiger partial charge in [0.2, 0.25) is 0 Å². The van der Waals surface area contributed by atoms with E-state index in [2.05, 4.69) is 20.7 Å². The first-order valence-electron chi connectivity index (χ1n) is 7.34. The van der Waals surface area contributed by atoms with Crippen molar-refractivity contribution in [3.8, 4) is 12.3 Å². The molecule has 22 heavy (non-hydrogen) atoms. The molecule has 1 saturated heterocycles. The van der Waals surface area contributed by atoms with Crippen LogP contribution in [0.15, 0.2) is 24.4 Å². The maximum atomic E-state index is 14.7. The van der Waals surface area contributed by atoms with Crippen LogP contribution in [0.4, 0.5) is 10.1 Å². The van der Waals surface area contributed by atoms with E-state index in [0.29, 0.717) is 21.6 Å². The minimum absolute atomic E-state index is 0.294. The highest BCUT2D eigenvalue weighted by Gasteiger charge is 2.21. The second-order valence-electron chi connectivity index (χ2n) is 5.37. The van der Waals surface area contributed by atoms with Crippen LogP contribution < -0.4 is 4.90 Å². The summed E-state index contributed by atoms with van der Waals surface area (Å²) in [6.07, 6.45) is 7.59. The molecule has 114 valence electrons. The molecule has 1 aromatic heterocycles. The average Bonchev–Trinajstić information content (AvgIpc) is 2.55. The second kappa shape index (κ2) is 6.51. The fourth-order valence-electron chi connectivity index (χ4n) is 2.82. The number of hydrogen-bond acceptors (Lipinski definition) is 3. The van der Waals surface area contributed by atoms with Crippen LogP contribution in [0.1, 0.15) is 6.42 Å². The first-order valence-corrected chi connectivity index (χ1v) is 7.72. The lowest BCUT2D eigenvalue weighted by Crippen LogP contribution is -2.46. The van der Waals surface area contributed by atoms with Crippen molar-refractivity contribution >= 4 is 28.2 Å². The van der Waals surface area contributed by atoms with Gasteiger partial charge in [-0.2, -0.15) is 0 Å². The van der Waals surface area contributed by atoms with Crippen LogP contribution in [0.25, 0.3) is 10.9 Å². The molecule has 1 aliphatic heterocycles. The molecule has 3 rings (SSSR count). The summed E-state index contributed by atoms with van der Waals surface area (Å²) in [6, 6.07) is 5.31. The number of fused-ring (bicyclic) bond motifs is 1. The van der Waals surface area contributed by atoms with E-state index in [1.165, 1.54) is 6.20 Å². The van der Waals surface area contributed by atoms with Crippen molar-refractivity contribution in [1.29, 1.82) is 0 Å². The summed E-state index contributed by atoms with van der Waals surface area (Å²) in [5.74, 6) is 2.36. The van der Waals surface area contributed by atoms with Crippen LogP contribution >= 0.6 is 11.6 Å². The Labute approximate surface area is 134 Å². The molecule has 0 unspecified atom stereocenters. The van der Waals surface area contributed by atoms with Gasteiger partial charge in [-0.3, -0.25) is 9.88 Å². The van der Waals surface area contributed by atoms with Crippen LogP contribution in [-0.4, -0.2) is 42.6 Å². The predicted octanol–water partition coefficient (Wildman–Crippen LogP) is 3.17. The third-order valence-corrected chi connectivity index (χ3v) is 4.39. The molecule has 0 radical (unpaired) electrons. The van der Waals surface area contributed by atoms with Gasteiger partial charge in [-0.1, -0.05) is 11.6 Å². The standard InChI is InChI=1S/C17H17ClFN3/c1-2-3-8-21-9-11-22(12-10-21)15-5-4-13-14(18)6-7-20-17(13)16(15)19/h1,4-7H,3,8-12H2. The van der Waals surface area contributed by atoms with E-state index in [0.717, 1.165) is 39.1 Å². The molecule has 1 aliphatic rings. The van der Waals surface area contributed by atoms with E-state index in [9.17, 15) is 4.39 Å². The van der Waals surface area contributed by atoms with Crippen molar-refractivity contribution in [2.45, 2.75) is 6.42 Å². The Balaban J connectivity index is 1.80. The number of hydrogen-bond donors (Lipinski definition) is 0. The van der Waals surface area contributed by atoms with Gasteiger partial charge in [0.25, 0.3) is 0 Å². The number of halogens is 2. The maximum Gasteiger partial charge on any atom is 0.172 e.